The fourth-order valence-electron chi connectivity index (χ4n) is 3.78. The summed E-state index contributed by atoms with van der Waals surface area (Å²) in [4.78, 5) is 14.9. The largest absolute Gasteiger partial charge is 0.342 e. The van der Waals surface area contributed by atoms with Crippen molar-refractivity contribution in [2.45, 2.75) is 50.8 Å². The average molecular weight is 354 g/mol. The quantitative estimate of drug-likeness (QED) is 0.890. The van der Waals surface area contributed by atoms with Gasteiger partial charge in [-0.25, -0.2) is 8.42 Å². The number of likely N-dealkylation sites (tertiary alicyclic amines) is 1. The molecule has 1 aromatic rings. The van der Waals surface area contributed by atoms with E-state index in [2.05, 4.69) is 10.2 Å². The number of piperidine rings is 2. The molecule has 3 heterocycles. The normalized spacial score (nSPS) is 23.4. The number of nitrogens with zero attached hydrogens (tertiary/aromatic N) is 3. The highest BCUT2D eigenvalue weighted by Crippen LogP contribution is 2.28. The van der Waals surface area contributed by atoms with Crippen LogP contribution >= 0.6 is 0 Å². The van der Waals surface area contributed by atoms with Crippen molar-refractivity contribution in [3.8, 4) is 0 Å². The van der Waals surface area contributed by atoms with Crippen LogP contribution in [0.15, 0.2) is 4.90 Å². The summed E-state index contributed by atoms with van der Waals surface area (Å²) in [6.07, 6.45) is 4.76. The Kier molecular flexibility index (Phi) is 4.96. The molecule has 1 aromatic heterocycles. The average Bonchev–Trinajstić information content (AvgIpc) is 2.94. The van der Waals surface area contributed by atoms with Gasteiger partial charge in [0.25, 0.3) is 0 Å². The van der Waals surface area contributed by atoms with Crippen LogP contribution in [0.2, 0.25) is 0 Å². The fourth-order valence-corrected chi connectivity index (χ4v) is 5.64. The van der Waals surface area contributed by atoms with Crippen molar-refractivity contribution in [3.05, 3.63) is 11.4 Å². The van der Waals surface area contributed by atoms with Crippen molar-refractivity contribution in [2.24, 2.45) is 5.92 Å². The van der Waals surface area contributed by atoms with Gasteiger partial charge in [-0.05, 0) is 46.0 Å². The van der Waals surface area contributed by atoms with Crippen molar-refractivity contribution >= 4 is 15.9 Å². The Bertz CT molecular complexity index is 687. The van der Waals surface area contributed by atoms with Gasteiger partial charge in [-0.2, -0.15) is 9.40 Å². The third-order valence-corrected chi connectivity index (χ3v) is 7.19. The molecule has 3 rings (SSSR count). The van der Waals surface area contributed by atoms with Gasteiger partial charge >= 0.3 is 0 Å². The molecule has 7 nitrogen and oxygen atoms in total. The zero-order chi connectivity index (χ0) is 17.3. The second kappa shape index (κ2) is 6.84. The first-order valence-corrected chi connectivity index (χ1v) is 10.2. The topological polar surface area (TPSA) is 86.4 Å². The molecular weight excluding hydrogens is 328 g/mol. The van der Waals surface area contributed by atoms with E-state index in [1.807, 2.05) is 4.90 Å². The predicted octanol–water partition coefficient (Wildman–Crippen LogP) is 1.44. The molecule has 2 aliphatic rings. The minimum Gasteiger partial charge on any atom is -0.342 e. The van der Waals surface area contributed by atoms with E-state index < -0.39 is 10.0 Å². The monoisotopic (exact) mass is 354 g/mol. The molecule has 0 saturated carbocycles. The van der Waals surface area contributed by atoms with Gasteiger partial charge in [0.15, 0.2) is 0 Å². The standard InChI is InChI=1S/C16H26N4O3S/c1-12-15(13(2)18-17-12)24(22,23)20-10-6-7-14(11-20)16(21)19-8-4-3-5-9-19/h14H,3-11H2,1-2H3,(H,17,18). The van der Waals surface area contributed by atoms with E-state index in [1.165, 1.54) is 10.7 Å². The Balaban J connectivity index is 1.76. The van der Waals surface area contributed by atoms with E-state index in [0.717, 1.165) is 38.8 Å². The molecule has 1 N–H and O–H groups in total. The van der Waals surface area contributed by atoms with Gasteiger partial charge in [-0.15, -0.1) is 0 Å². The molecule has 0 bridgehead atoms. The summed E-state index contributed by atoms with van der Waals surface area (Å²) in [6.45, 7) is 5.77. The first kappa shape index (κ1) is 17.4. The minimum atomic E-state index is -3.61. The smallest absolute Gasteiger partial charge is 0.246 e. The number of hydrogen-bond donors (Lipinski definition) is 1. The molecule has 0 aromatic carbocycles. The maximum absolute atomic E-state index is 13.0. The number of rotatable bonds is 3. The molecule has 0 aliphatic carbocycles. The van der Waals surface area contributed by atoms with Crippen LogP contribution in [0.1, 0.15) is 43.5 Å². The van der Waals surface area contributed by atoms with Crippen LogP contribution in [-0.4, -0.2) is 59.9 Å². The van der Waals surface area contributed by atoms with E-state index in [0.29, 0.717) is 17.9 Å². The maximum Gasteiger partial charge on any atom is 0.246 e. The SMILES string of the molecule is Cc1n[nH]c(C)c1S(=O)(=O)N1CCCC(C(=O)N2CCCCC2)C1. The maximum atomic E-state index is 13.0. The Hall–Kier alpha value is -1.41. The number of sulfonamides is 1. The second-order valence-electron chi connectivity index (χ2n) is 6.85. The molecule has 1 atom stereocenters. The number of nitrogens with one attached hydrogen (secondary N) is 1. The van der Waals surface area contributed by atoms with E-state index in [9.17, 15) is 13.2 Å². The lowest BCUT2D eigenvalue weighted by molar-refractivity contribution is -0.137. The molecule has 8 heteroatoms. The molecule has 24 heavy (non-hydrogen) atoms. The third kappa shape index (κ3) is 3.21. The summed E-state index contributed by atoms with van der Waals surface area (Å²) in [7, 11) is -3.61. The molecule has 1 unspecified atom stereocenters. The van der Waals surface area contributed by atoms with Gasteiger partial charge in [0.1, 0.15) is 4.90 Å². The van der Waals surface area contributed by atoms with E-state index >= 15 is 0 Å². The number of carbonyl (C=O) groups excluding carboxylic acids is 1. The predicted molar refractivity (Wildman–Crippen MR) is 90.0 cm³/mol. The molecule has 0 spiro atoms. The highest BCUT2D eigenvalue weighted by atomic mass is 32.2. The number of H-pyrrole nitrogens is 1. The fraction of sp³-hybridized carbons (Fsp3) is 0.750. The summed E-state index contributed by atoms with van der Waals surface area (Å²) in [5, 5.41) is 6.74. The van der Waals surface area contributed by atoms with Crippen molar-refractivity contribution in [2.75, 3.05) is 26.2 Å². The molecule has 134 valence electrons. The van der Waals surface area contributed by atoms with Crippen LogP contribution in [0.4, 0.5) is 0 Å². The van der Waals surface area contributed by atoms with Crippen LogP contribution in [0, 0.1) is 19.8 Å². The lowest BCUT2D eigenvalue weighted by Gasteiger charge is -2.35. The number of carbonyl (C=O) groups is 1. The minimum absolute atomic E-state index is 0.121. The number of hydrogen-bond acceptors (Lipinski definition) is 4. The Morgan fingerprint density at radius 1 is 1.12 bits per heavy atom. The molecule has 2 saturated heterocycles. The highest BCUT2D eigenvalue weighted by Gasteiger charge is 2.37. The third-order valence-electron chi connectivity index (χ3n) is 5.06. The Morgan fingerprint density at radius 3 is 2.46 bits per heavy atom. The lowest BCUT2D eigenvalue weighted by atomic mass is 9.97. The first-order chi connectivity index (χ1) is 11.4. The molecule has 2 fully saturated rings. The van der Waals surface area contributed by atoms with Gasteiger partial charge in [0, 0.05) is 26.2 Å². The molecular formula is C16H26N4O3S. The highest BCUT2D eigenvalue weighted by molar-refractivity contribution is 7.89. The van der Waals surface area contributed by atoms with E-state index in [1.54, 1.807) is 13.8 Å². The summed E-state index contributed by atoms with van der Waals surface area (Å²) >= 11 is 0. The van der Waals surface area contributed by atoms with Crippen LogP contribution in [0.3, 0.4) is 0 Å². The summed E-state index contributed by atoms with van der Waals surface area (Å²) < 4.78 is 27.4. The Morgan fingerprint density at radius 2 is 1.83 bits per heavy atom. The van der Waals surface area contributed by atoms with Crippen LogP contribution < -0.4 is 0 Å². The van der Waals surface area contributed by atoms with Crippen LogP contribution in [0.25, 0.3) is 0 Å². The van der Waals surface area contributed by atoms with Gasteiger partial charge < -0.3 is 4.90 Å². The Labute approximate surface area is 143 Å². The number of aromatic amines is 1. The van der Waals surface area contributed by atoms with E-state index in [4.69, 9.17) is 0 Å². The summed E-state index contributed by atoms with van der Waals surface area (Å²) in [5.41, 5.74) is 1.04. The summed E-state index contributed by atoms with van der Waals surface area (Å²) in [5.74, 6) is -0.102. The van der Waals surface area contributed by atoms with Crippen LogP contribution in [0.5, 0.6) is 0 Å². The van der Waals surface area contributed by atoms with Crippen molar-refractivity contribution in [1.82, 2.24) is 19.4 Å². The zero-order valence-corrected chi connectivity index (χ0v) is 15.2. The van der Waals surface area contributed by atoms with E-state index in [-0.39, 0.29) is 23.3 Å². The molecule has 2 aliphatic heterocycles. The van der Waals surface area contributed by atoms with Crippen molar-refractivity contribution in [1.29, 1.82) is 0 Å². The number of aryl methyl sites for hydroxylation is 2. The van der Waals surface area contributed by atoms with Gasteiger partial charge in [0.2, 0.25) is 15.9 Å². The first-order valence-electron chi connectivity index (χ1n) is 8.72. The molecule has 1 amide bonds. The van der Waals surface area contributed by atoms with Crippen LogP contribution in [-0.2, 0) is 14.8 Å². The van der Waals surface area contributed by atoms with Crippen molar-refractivity contribution < 1.29 is 13.2 Å². The van der Waals surface area contributed by atoms with Gasteiger partial charge in [0.05, 0.1) is 17.3 Å². The van der Waals surface area contributed by atoms with Gasteiger partial charge in [-0.1, -0.05) is 0 Å². The zero-order valence-electron chi connectivity index (χ0n) is 14.4. The number of amides is 1. The van der Waals surface area contributed by atoms with Gasteiger partial charge in [-0.3, -0.25) is 9.89 Å². The lowest BCUT2D eigenvalue weighted by Crippen LogP contribution is -2.48. The van der Waals surface area contributed by atoms with Crippen molar-refractivity contribution in [3.63, 3.8) is 0 Å². The second-order valence-corrected chi connectivity index (χ2v) is 8.73. The summed E-state index contributed by atoms with van der Waals surface area (Å²) in [6, 6.07) is 0. The number of aromatic nitrogens is 2. The molecule has 0 radical (unpaired) electrons.